The Morgan fingerprint density at radius 1 is 0.966 bits per heavy atom. The van der Waals surface area contributed by atoms with Crippen molar-refractivity contribution in [2.75, 3.05) is 11.9 Å². The molecule has 0 radical (unpaired) electrons. The molecular formula is C24H25N3OSe. The van der Waals surface area contributed by atoms with E-state index in [1.807, 2.05) is 21.8 Å². The van der Waals surface area contributed by atoms with Crippen molar-refractivity contribution in [3.8, 4) is 0 Å². The molecule has 0 unspecified atom stereocenters. The molecule has 0 atom stereocenters. The van der Waals surface area contributed by atoms with Gasteiger partial charge in [-0.2, -0.15) is 0 Å². The molecule has 4 aromatic rings. The summed E-state index contributed by atoms with van der Waals surface area (Å²) in [5, 5.41) is 5.87. The molecule has 0 saturated carbocycles. The number of aryl methyl sites for hydroxylation is 2. The van der Waals surface area contributed by atoms with Crippen LogP contribution < -0.4 is 10.9 Å². The van der Waals surface area contributed by atoms with Crippen LogP contribution in [0.3, 0.4) is 0 Å². The van der Waals surface area contributed by atoms with Gasteiger partial charge in [-0.05, 0) is 0 Å². The molecule has 0 fully saturated rings. The van der Waals surface area contributed by atoms with Crippen molar-refractivity contribution in [3.63, 3.8) is 0 Å². The van der Waals surface area contributed by atoms with Crippen molar-refractivity contribution in [1.29, 1.82) is 0 Å². The molecule has 2 heterocycles. The summed E-state index contributed by atoms with van der Waals surface area (Å²) >= 11 is 0.140. The first-order valence-electron chi connectivity index (χ1n) is 10.5. The Labute approximate surface area is 176 Å². The summed E-state index contributed by atoms with van der Waals surface area (Å²) in [5.41, 5.74) is 5.30. The first kappa shape index (κ1) is 18.7. The number of unbranched alkanes of at least 4 members (excludes halogenated alkanes) is 1. The molecule has 1 aliphatic rings. The SMILES string of the molecule is O=c1c2ccccc2[se]n1CCCCNc1c2c(nc3ccccc13)CCCC2. The maximum atomic E-state index is 12.5. The molecule has 0 amide bonds. The summed E-state index contributed by atoms with van der Waals surface area (Å²) in [7, 11) is 0. The summed E-state index contributed by atoms with van der Waals surface area (Å²) in [4.78, 5) is 17.4. The van der Waals surface area contributed by atoms with Gasteiger partial charge in [-0.3, -0.25) is 0 Å². The van der Waals surface area contributed by atoms with Crippen LogP contribution in [0.15, 0.2) is 53.3 Å². The second kappa shape index (κ2) is 8.17. The minimum absolute atomic E-state index is 0.140. The number of para-hydroxylation sites is 1. The first-order chi connectivity index (χ1) is 14.3. The summed E-state index contributed by atoms with van der Waals surface area (Å²) in [6.45, 7) is 1.78. The molecule has 0 aliphatic heterocycles. The van der Waals surface area contributed by atoms with E-state index in [1.165, 1.54) is 39.4 Å². The van der Waals surface area contributed by atoms with E-state index in [9.17, 15) is 4.79 Å². The quantitative estimate of drug-likeness (QED) is 0.350. The van der Waals surface area contributed by atoms with E-state index >= 15 is 0 Å². The molecule has 5 rings (SSSR count). The molecule has 0 bridgehead atoms. The number of aromatic nitrogens is 2. The van der Waals surface area contributed by atoms with Crippen LogP contribution in [0.25, 0.3) is 20.5 Å². The maximum absolute atomic E-state index is 12.5. The standard InChI is InChI=1S/C24H25N3OSe/c28-24-19-11-3-6-14-22(19)29-27(24)16-8-7-15-25-23-17-9-1-4-12-20(17)26-21-13-5-2-10-18(21)23/h1,3-4,6,9,11-12,14H,2,5,7-8,10,13,15-16H2,(H,25,26). The van der Waals surface area contributed by atoms with Gasteiger partial charge in [-0.1, -0.05) is 0 Å². The molecule has 0 spiro atoms. The number of anilines is 1. The summed E-state index contributed by atoms with van der Waals surface area (Å²) in [6.07, 6.45) is 6.79. The minimum atomic E-state index is 0.140. The van der Waals surface area contributed by atoms with Crippen molar-refractivity contribution in [3.05, 3.63) is 70.1 Å². The van der Waals surface area contributed by atoms with Crippen molar-refractivity contribution >= 4 is 41.0 Å². The number of hydrogen-bond donors (Lipinski definition) is 1. The molecule has 0 saturated heterocycles. The number of benzene rings is 2. The Balaban J connectivity index is 1.27. The number of rotatable bonds is 6. The zero-order valence-electron chi connectivity index (χ0n) is 16.5. The van der Waals surface area contributed by atoms with Gasteiger partial charge in [0.15, 0.2) is 0 Å². The Hall–Kier alpha value is -2.36. The Morgan fingerprint density at radius 3 is 2.66 bits per heavy atom. The topological polar surface area (TPSA) is 46.9 Å². The third-order valence-electron chi connectivity index (χ3n) is 5.81. The summed E-state index contributed by atoms with van der Waals surface area (Å²) in [6, 6.07) is 16.5. The predicted molar refractivity (Wildman–Crippen MR) is 121 cm³/mol. The molecule has 2 aromatic carbocycles. The van der Waals surface area contributed by atoms with Crippen LogP contribution in [-0.2, 0) is 19.4 Å². The molecule has 29 heavy (non-hydrogen) atoms. The van der Waals surface area contributed by atoms with Gasteiger partial charge in [0.1, 0.15) is 0 Å². The molecule has 1 aliphatic carbocycles. The van der Waals surface area contributed by atoms with Crippen LogP contribution in [0.5, 0.6) is 0 Å². The Kier molecular flexibility index (Phi) is 5.26. The van der Waals surface area contributed by atoms with Gasteiger partial charge >= 0.3 is 177 Å². The van der Waals surface area contributed by atoms with Crippen LogP contribution in [0, 0.1) is 0 Å². The van der Waals surface area contributed by atoms with Crippen molar-refractivity contribution < 1.29 is 0 Å². The summed E-state index contributed by atoms with van der Waals surface area (Å²) in [5.74, 6) is 0. The first-order valence-corrected chi connectivity index (χ1v) is 12.2. The Morgan fingerprint density at radius 2 is 1.76 bits per heavy atom. The van der Waals surface area contributed by atoms with Crippen LogP contribution in [0.2, 0.25) is 0 Å². The van der Waals surface area contributed by atoms with Crippen LogP contribution >= 0.6 is 0 Å². The van der Waals surface area contributed by atoms with E-state index in [1.54, 1.807) is 0 Å². The fourth-order valence-corrected chi connectivity index (χ4v) is 6.50. The van der Waals surface area contributed by atoms with Gasteiger partial charge in [0.25, 0.3) is 0 Å². The second-order valence-electron chi connectivity index (χ2n) is 7.76. The zero-order chi connectivity index (χ0) is 19.6. The van der Waals surface area contributed by atoms with Gasteiger partial charge < -0.3 is 0 Å². The van der Waals surface area contributed by atoms with Crippen molar-refractivity contribution in [1.82, 2.24) is 8.55 Å². The predicted octanol–water partition coefficient (Wildman–Crippen LogP) is 4.38. The third kappa shape index (κ3) is 3.65. The van der Waals surface area contributed by atoms with Crippen LogP contribution in [0.4, 0.5) is 5.69 Å². The fraction of sp³-hybridized carbons (Fsp3) is 0.333. The van der Waals surface area contributed by atoms with Crippen LogP contribution in [-0.4, -0.2) is 29.8 Å². The second-order valence-corrected chi connectivity index (χ2v) is 10.00. The molecule has 1 N–H and O–H groups in total. The van der Waals surface area contributed by atoms with E-state index in [0.29, 0.717) is 0 Å². The van der Waals surface area contributed by atoms with E-state index < -0.39 is 0 Å². The number of fused-ring (bicyclic) bond motifs is 3. The average Bonchev–Trinajstić information content (AvgIpc) is 3.08. The molecule has 148 valence electrons. The molecule has 4 nitrogen and oxygen atoms in total. The molecule has 5 heteroatoms. The van der Waals surface area contributed by atoms with E-state index in [-0.39, 0.29) is 20.3 Å². The third-order valence-corrected chi connectivity index (χ3v) is 8.16. The number of hydrogen-bond acceptors (Lipinski definition) is 3. The summed E-state index contributed by atoms with van der Waals surface area (Å²) < 4.78 is 3.26. The van der Waals surface area contributed by atoms with Crippen molar-refractivity contribution in [2.45, 2.75) is 45.1 Å². The number of nitrogens with one attached hydrogen (secondary N) is 1. The van der Waals surface area contributed by atoms with Gasteiger partial charge in [0.2, 0.25) is 0 Å². The van der Waals surface area contributed by atoms with Gasteiger partial charge in [-0.25, -0.2) is 0 Å². The average molecular weight is 450 g/mol. The normalized spacial score (nSPS) is 13.7. The van der Waals surface area contributed by atoms with E-state index in [4.69, 9.17) is 4.98 Å². The van der Waals surface area contributed by atoms with Gasteiger partial charge in [0.05, 0.1) is 0 Å². The molecule has 2 aromatic heterocycles. The van der Waals surface area contributed by atoms with Crippen LogP contribution in [0.1, 0.15) is 36.9 Å². The number of nitrogens with zero attached hydrogens (tertiary/aromatic N) is 2. The fourth-order valence-electron chi connectivity index (χ4n) is 4.33. The number of pyridine rings is 1. The monoisotopic (exact) mass is 451 g/mol. The molecular weight excluding hydrogens is 425 g/mol. The van der Waals surface area contributed by atoms with Crippen molar-refractivity contribution in [2.24, 2.45) is 0 Å². The van der Waals surface area contributed by atoms with E-state index in [0.717, 1.165) is 49.7 Å². The van der Waals surface area contributed by atoms with Gasteiger partial charge in [0, 0.05) is 0 Å². The van der Waals surface area contributed by atoms with E-state index in [2.05, 4.69) is 35.6 Å². The zero-order valence-corrected chi connectivity index (χ0v) is 18.2. The Bertz CT molecular complexity index is 1220. The van der Waals surface area contributed by atoms with Gasteiger partial charge in [-0.15, -0.1) is 0 Å².